The van der Waals surface area contributed by atoms with Crippen LogP contribution in [-0.4, -0.2) is 20.1 Å². The molecule has 1 atom stereocenters. The first-order chi connectivity index (χ1) is 12.7. The molecule has 0 unspecified atom stereocenters. The predicted molar refractivity (Wildman–Crippen MR) is 92.4 cm³/mol. The summed E-state index contributed by atoms with van der Waals surface area (Å²) in [6.45, 7) is -0.110. The molecule has 1 aromatic heterocycles. The van der Waals surface area contributed by atoms with Gasteiger partial charge in [-0.3, -0.25) is 0 Å². The van der Waals surface area contributed by atoms with E-state index >= 15 is 0 Å². The van der Waals surface area contributed by atoms with Crippen molar-refractivity contribution in [1.29, 1.82) is 0 Å². The van der Waals surface area contributed by atoms with Crippen LogP contribution in [0, 0.1) is 0 Å². The summed E-state index contributed by atoms with van der Waals surface area (Å²) in [7, 11) is -3.98. The van der Waals surface area contributed by atoms with Gasteiger partial charge in [-0.25, -0.2) is 13.1 Å². The van der Waals surface area contributed by atoms with Crippen molar-refractivity contribution < 1.29 is 31.1 Å². The molecule has 0 bridgehead atoms. The minimum absolute atomic E-state index is 0.0414. The van der Waals surface area contributed by atoms with Gasteiger partial charge in [0.15, 0.2) is 0 Å². The van der Waals surface area contributed by atoms with Crippen molar-refractivity contribution in [2.24, 2.45) is 0 Å². The van der Waals surface area contributed by atoms with Crippen LogP contribution >= 0.6 is 0 Å². The highest BCUT2D eigenvalue weighted by atomic mass is 32.2. The molecular weight excluding hydrogens is 383 g/mol. The zero-order valence-corrected chi connectivity index (χ0v) is 14.7. The summed E-state index contributed by atoms with van der Waals surface area (Å²) in [4.78, 5) is -0.284. The Morgan fingerprint density at radius 2 is 1.74 bits per heavy atom. The highest BCUT2D eigenvalue weighted by molar-refractivity contribution is 7.89. The van der Waals surface area contributed by atoms with Crippen LogP contribution in [0.25, 0.3) is 11.0 Å². The first-order valence-electron chi connectivity index (χ1n) is 8.00. The maximum atomic E-state index is 12.5. The van der Waals surface area contributed by atoms with Gasteiger partial charge in [0.2, 0.25) is 10.0 Å². The van der Waals surface area contributed by atoms with Crippen molar-refractivity contribution >= 4 is 21.0 Å². The standard InChI is InChI=1S/C18H16F3NO4S/c19-18(20,21)13-5-7-14(8-6-13)27(24,25)22-10-9-15(23)17-11-12-3-1-2-4-16(12)26-17/h1-8,11,15,22-23H,9-10H2/t15-/m1/s1. The van der Waals surface area contributed by atoms with E-state index in [2.05, 4.69) is 4.72 Å². The van der Waals surface area contributed by atoms with E-state index in [0.717, 1.165) is 17.5 Å². The second-order valence-electron chi connectivity index (χ2n) is 5.91. The number of halogens is 3. The van der Waals surface area contributed by atoms with Gasteiger partial charge in [-0.1, -0.05) is 18.2 Å². The average Bonchev–Trinajstić information content (AvgIpc) is 3.05. The first-order valence-corrected chi connectivity index (χ1v) is 9.48. The third-order valence-corrected chi connectivity index (χ3v) is 5.45. The van der Waals surface area contributed by atoms with Crippen LogP contribution in [-0.2, 0) is 16.2 Å². The normalized spacial score (nSPS) is 13.8. The molecule has 0 aliphatic rings. The zero-order chi connectivity index (χ0) is 19.7. The van der Waals surface area contributed by atoms with Gasteiger partial charge >= 0.3 is 6.18 Å². The van der Waals surface area contributed by atoms with Crippen LogP contribution in [0.15, 0.2) is 63.9 Å². The topological polar surface area (TPSA) is 79.5 Å². The molecule has 144 valence electrons. The number of aliphatic hydroxyl groups is 1. The van der Waals surface area contributed by atoms with Crippen LogP contribution in [0.2, 0.25) is 0 Å². The van der Waals surface area contributed by atoms with Crippen LogP contribution in [0.3, 0.4) is 0 Å². The predicted octanol–water partition coefficient (Wildman–Crippen LogP) is 3.85. The molecule has 0 saturated carbocycles. The van der Waals surface area contributed by atoms with Gasteiger partial charge in [0.1, 0.15) is 17.4 Å². The lowest BCUT2D eigenvalue weighted by Gasteiger charge is -2.11. The molecule has 3 rings (SSSR count). The van der Waals surface area contributed by atoms with E-state index in [-0.39, 0.29) is 17.9 Å². The van der Waals surface area contributed by atoms with E-state index in [0.29, 0.717) is 23.5 Å². The molecule has 2 aromatic carbocycles. The second kappa shape index (κ2) is 7.34. The Labute approximate surface area is 153 Å². The van der Waals surface area contributed by atoms with Gasteiger partial charge in [0, 0.05) is 11.9 Å². The Balaban J connectivity index is 1.61. The number of aliphatic hydroxyl groups excluding tert-OH is 1. The van der Waals surface area contributed by atoms with E-state index in [4.69, 9.17) is 4.42 Å². The molecule has 0 amide bonds. The molecule has 5 nitrogen and oxygen atoms in total. The summed E-state index contributed by atoms with van der Waals surface area (Å²) in [6.07, 6.45) is -5.51. The van der Waals surface area contributed by atoms with Crippen molar-refractivity contribution in [3.63, 3.8) is 0 Å². The first kappa shape index (κ1) is 19.4. The quantitative estimate of drug-likeness (QED) is 0.660. The van der Waals surface area contributed by atoms with Crippen LogP contribution in [0.1, 0.15) is 23.8 Å². The van der Waals surface area contributed by atoms with Crippen LogP contribution in [0.5, 0.6) is 0 Å². The number of sulfonamides is 1. The molecule has 0 saturated heterocycles. The lowest BCUT2D eigenvalue weighted by Crippen LogP contribution is -2.26. The van der Waals surface area contributed by atoms with Crippen molar-refractivity contribution in [1.82, 2.24) is 4.72 Å². The lowest BCUT2D eigenvalue weighted by molar-refractivity contribution is -0.137. The van der Waals surface area contributed by atoms with Crippen molar-refractivity contribution in [3.05, 3.63) is 65.9 Å². The number of alkyl halides is 3. The fourth-order valence-electron chi connectivity index (χ4n) is 2.55. The minimum atomic E-state index is -4.54. The number of furan rings is 1. The summed E-state index contributed by atoms with van der Waals surface area (Å²) in [5.74, 6) is 0.310. The van der Waals surface area contributed by atoms with Gasteiger partial charge in [0.25, 0.3) is 0 Å². The summed E-state index contributed by atoms with van der Waals surface area (Å²) in [5, 5.41) is 11.0. The third kappa shape index (κ3) is 4.49. The van der Waals surface area contributed by atoms with E-state index in [1.165, 1.54) is 0 Å². The minimum Gasteiger partial charge on any atom is -0.458 e. The highest BCUT2D eigenvalue weighted by Crippen LogP contribution is 2.30. The van der Waals surface area contributed by atoms with Gasteiger partial charge in [-0.05, 0) is 42.8 Å². The maximum Gasteiger partial charge on any atom is 0.416 e. The number of rotatable bonds is 6. The van der Waals surface area contributed by atoms with Crippen LogP contribution in [0.4, 0.5) is 13.2 Å². The molecule has 0 radical (unpaired) electrons. The largest absolute Gasteiger partial charge is 0.458 e. The summed E-state index contributed by atoms with van der Waals surface area (Å²) >= 11 is 0. The van der Waals surface area contributed by atoms with E-state index in [1.807, 2.05) is 12.1 Å². The molecule has 9 heteroatoms. The molecule has 0 aliphatic heterocycles. The van der Waals surface area contributed by atoms with Gasteiger partial charge in [-0.15, -0.1) is 0 Å². The lowest BCUT2D eigenvalue weighted by atomic mass is 10.2. The summed E-state index contributed by atoms with van der Waals surface area (Å²) in [5.41, 5.74) is -0.321. The monoisotopic (exact) mass is 399 g/mol. The Kier molecular flexibility index (Phi) is 5.27. The molecule has 0 spiro atoms. The Bertz CT molecular complexity index is 994. The molecule has 27 heavy (non-hydrogen) atoms. The van der Waals surface area contributed by atoms with Gasteiger partial charge in [0.05, 0.1) is 10.5 Å². The van der Waals surface area contributed by atoms with E-state index in [1.54, 1.807) is 18.2 Å². The SMILES string of the molecule is O=S(=O)(NCC[C@@H](O)c1cc2ccccc2o1)c1ccc(C(F)(F)F)cc1. The molecule has 3 aromatic rings. The molecule has 0 aliphatic carbocycles. The van der Waals surface area contributed by atoms with Crippen molar-refractivity contribution in [3.8, 4) is 0 Å². The average molecular weight is 399 g/mol. The van der Waals surface area contributed by atoms with Crippen LogP contribution < -0.4 is 4.72 Å². The Hall–Kier alpha value is -2.36. The fourth-order valence-corrected chi connectivity index (χ4v) is 3.59. The van der Waals surface area contributed by atoms with Crippen molar-refractivity contribution in [2.45, 2.75) is 23.6 Å². The van der Waals surface area contributed by atoms with E-state index < -0.39 is 27.9 Å². The van der Waals surface area contributed by atoms with Crippen molar-refractivity contribution in [2.75, 3.05) is 6.54 Å². The number of fused-ring (bicyclic) bond motifs is 1. The number of benzene rings is 2. The highest BCUT2D eigenvalue weighted by Gasteiger charge is 2.30. The Morgan fingerprint density at radius 3 is 2.37 bits per heavy atom. The molecule has 0 fully saturated rings. The second-order valence-corrected chi connectivity index (χ2v) is 7.68. The third-order valence-electron chi connectivity index (χ3n) is 3.97. The number of hydrogen-bond donors (Lipinski definition) is 2. The molecular formula is C18H16F3NO4S. The fraction of sp³-hybridized carbons (Fsp3) is 0.222. The number of nitrogens with one attached hydrogen (secondary N) is 1. The zero-order valence-electron chi connectivity index (χ0n) is 13.9. The number of para-hydroxylation sites is 1. The smallest absolute Gasteiger partial charge is 0.416 e. The molecule has 2 N–H and O–H groups in total. The molecule has 1 heterocycles. The number of hydrogen-bond acceptors (Lipinski definition) is 4. The van der Waals surface area contributed by atoms with Gasteiger partial charge < -0.3 is 9.52 Å². The van der Waals surface area contributed by atoms with E-state index in [9.17, 15) is 26.7 Å². The van der Waals surface area contributed by atoms with Gasteiger partial charge in [-0.2, -0.15) is 13.2 Å². The summed E-state index contributed by atoms with van der Waals surface area (Å²) in [6, 6.07) is 12.1. The summed E-state index contributed by atoms with van der Waals surface area (Å²) < 4.78 is 69.7. The Morgan fingerprint density at radius 1 is 1.07 bits per heavy atom. The maximum absolute atomic E-state index is 12.5.